The summed E-state index contributed by atoms with van der Waals surface area (Å²) in [6.45, 7) is 3.56. The van der Waals surface area contributed by atoms with E-state index in [1.807, 2.05) is 0 Å². The third-order valence-corrected chi connectivity index (χ3v) is 5.95. The van der Waals surface area contributed by atoms with Crippen LogP contribution in [-0.4, -0.2) is 26.8 Å². The largest absolute Gasteiger partial charge is 0.447 e. The number of ether oxygens (including phenoxy) is 1. The fourth-order valence-electron chi connectivity index (χ4n) is 3.29. The number of carbonyl (C=O) groups is 1. The van der Waals surface area contributed by atoms with Crippen molar-refractivity contribution in [3.05, 3.63) is 58.9 Å². The van der Waals surface area contributed by atoms with Crippen LogP contribution in [0, 0.1) is 5.82 Å². The first-order chi connectivity index (χ1) is 15.0. The SMILES string of the molecule is CCCCSc1nnc2c(n1)O[C@@H](c1ccc(F)cc1)N(C(C)=O)c1ccc(Cl)cc1-2. The minimum absolute atomic E-state index is 0.246. The van der Waals surface area contributed by atoms with Gasteiger partial charge in [0, 0.05) is 28.8 Å². The number of hydrogen-bond acceptors (Lipinski definition) is 6. The van der Waals surface area contributed by atoms with Crippen LogP contribution >= 0.6 is 23.4 Å². The van der Waals surface area contributed by atoms with Gasteiger partial charge in [-0.3, -0.25) is 9.69 Å². The van der Waals surface area contributed by atoms with Crippen LogP contribution in [0.25, 0.3) is 11.3 Å². The van der Waals surface area contributed by atoms with E-state index >= 15 is 0 Å². The average molecular weight is 459 g/mol. The molecular weight excluding hydrogens is 439 g/mol. The van der Waals surface area contributed by atoms with Crippen molar-refractivity contribution >= 4 is 35.0 Å². The van der Waals surface area contributed by atoms with Crippen molar-refractivity contribution in [1.82, 2.24) is 15.2 Å². The van der Waals surface area contributed by atoms with Crippen LogP contribution in [0.2, 0.25) is 5.02 Å². The van der Waals surface area contributed by atoms with Crippen LogP contribution < -0.4 is 9.64 Å². The van der Waals surface area contributed by atoms with E-state index in [1.165, 1.54) is 35.7 Å². The number of rotatable bonds is 5. The zero-order chi connectivity index (χ0) is 22.0. The molecule has 0 spiro atoms. The molecular formula is C22H20ClFN4O2S. The van der Waals surface area contributed by atoms with Crippen LogP contribution in [0.15, 0.2) is 47.6 Å². The first kappa shape index (κ1) is 21.5. The molecule has 1 aromatic heterocycles. The van der Waals surface area contributed by atoms with E-state index in [9.17, 15) is 9.18 Å². The molecule has 3 aromatic rings. The first-order valence-electron chi connectivity index (χ1n) is 9.87. The van der Waals surface area contributed by atoms with Crippen molar-refractivity contribution in [3.63, 3.8) is 0 Å². The molecule has 1 atom stereocenters. The van der Waals surface area contributed by atoms with Gasteiger partial charge in [-0.25, -0.2) is 4.39 Å². The van der Waals surface area contributed by atoms with E-state index in [4.69, 9.17) is 16.3 Å². The molecule has 1 aliphatic heterocycles. The van der Waals surface area contributed by atoms with E-state index in [1.54, 1.807) is 30.3 Å². The standard InChI is InChI=1S/C22H20ClFN4O2S/c1-3-4-11-31-22-25-20-19(26-27-22)17-12-15(23)7-10-18(17)28(13(2)29)21(30-20)14-5-8-16(24)9-6-14/h5-10,12,21H,3-4,11H2,1-2H3/t21-/m0/s1. The molecule has 31 heavy (non-hydrogen) atoms. The summed E-state index contributed by atoms with van der Waals surface area (Å²) in [7, 11) is 0. The molecule has 0 aliphatic carbocycles. The van der Waals surface area contributed by atoms with Crippen molar-refractivity contribution < 1.29 is 13.9 Å². The summed E-state index contributed by atoms with van der Waals surface area (Å²) >= 11 is 7.75. The first-order valence-corrected chi connectivity index (χ1v) is 11.2. The number of amides is 1. The molecule has 2 aromatic carbocycles. The molecule has 1 aliphatic rings. The summed E-state index contributed by atoms with van der Waals surface area (Å²) in [5, 5.41) is 9.57. The minimum Gasteiger partial charge on any atom is -0.447 e. The molecule has 1 amide bonds. The lowest BCUT2D eigenvalue weighted by atomic mass is 10.1. The number of fused-ring (bicyclic) bond motifs is 3. The molecule has 2 heterocycles. The van der Waals surface area contributed by atoms with Crippen molar-refractivity contribution in [2.45, 2.75) is 38.1 Å². The van der Waals surface area contributed by atoms with Gasteiger partial charge in [-0.15, -0.1) is 10.2 Å². The van der Waals surface area contributed by atoms with Gasteiger partial charge in [0.15, 0.2) is 5.69 Å². The lowest BCUT2D eigenvalue weighted by Gasteiger charge is -2.29. The highest BCUT2D eigenvalue weighted by molar-refractivity contribution is 7.99. The van der Waals surface area contributed by atoms with Crippen LogP contribution in [0.5, 0.6) is 5.88 Å². The monoisotopic (exact) mass is 458 g/mol. The number of anilines is 1. The Morgan fingerprint density at radius 1 is 1.23 bits per heavy atom. The number of aromatic nitrogens is 3. The molecule has 9 heteroatoms. The van der Waals surface area contributed by atoms with Gasteiger partial charge in [0.25, 0.3) is 0 Å². The summed E-state index contributed by atoms with van der Waals surface area (Å²) in [5.41, 5.74) is 2.15. The number of benzene rings is 2. The Hall–Kier alpha value is -2.71. The maximum atomic E-state index is 13.5. The predicted octanol–water partition coefficient (Wildman–Crippen LogP) is 5.67. The van der Waals surface area contributed by atoms with Crippen LogP contribution in [-0.2, 0) is 4.79 Å². The fraction of sp³-hybridized carbons (Fsp3) is 0.273. The van der Waals surface area contributed by atoms with Crippen LogP contribution in [0.1, 0.15) is 38.5 Å². The van der Waals surface area contributed by atoms with Crippen molar-refractivity contribution in [1.29, 1.82) is 0 Å². The fourth-order valence-corrected chi connectivity index (χ4v) is 4.32. The van der Waals surface area contributed by atoms with E-state index in [2.05, 4.69) is 22.1 Å². The maximum Gasteiger partial charge on any atom is 0.247 e. The molecule has 0 saturated heterocycles. The quantitative estimate of drug-likeness (QED) is 0.362. The average Bonchev–Trinajstić information content (AvgIpc) is 2.88. The molecule has 6 nitrogen and oxygen atoms in total. The van der Waals surface area contributed by atoms with Crippen LogP contribution in [0.4, 0.5) is 10.1 Å². The van der Waals surface area contributed by atoms with Crippen molar-refractivity contribution in [3.8, 4) is 17.1 Å². The second-order valence-electron chi connectivity index (χ2n) is 7.02. The smallest absolute Gasteiger partial charge is 0.247 e. The second-order valence-corrected chi connectivity index (χ2v) is 8.52. The summed E-state index contributed by atoms with van der Waals surface area (Å²) in [6, 6.07) is 11.0. The summed E-state index contributed by atoms with van der Waals surface area (Å²) in [4.78, 5) is 18.8. The number of thioether (sulfide) groups is 1. The van der Waals surface area contributed by atoms with Gasteiger partial charge in [0.1, 0.15) is 5.82 Å². The third kappa shape index (κ3) is 4.50. The van der Waals surface area contributed by atoms with Gasteiger partial charge < -0.3 is 4.74 Å². The summed E-state index contributed by atoms with van der Waals surface area (Å²) in [6.07, 6.45) is 1.23. The van der Waals surface area contributed by atoms with E-state index < -0.39 is 6.23 Å². The molecule has 0 saturated carbocycles. The van der Waals surface area contributed by atoms with E-state index in [0.717, 1.165) is 18.6 Å². The number of carbonyl (C=O) groups excluding carboxylic acids is 1. The van der Waals surface area contributed by atoms with Gasteiger partial charge in [0.2, 0.25) is 23.2 Å². The summed E-state index contributed by atoms with van der Waals surface area (Å²) in [5.74, 6) is 0.477. The molecule has 4 rings (SSSR count). The lowest BCUT2D eigenvalue weighted by Crippen LogP contribution is -2.36. The minimum atomic E-state index is -0.857. The molecule has 0 bridgehead atoms. The Balaban J connectivity index is 1.87. The number of halogens is 2. The number of nitrogens with zero attached hydrogens (tertiary/aromatic N) is 4. The number of unbranched alkanes of at least 4 members (excludes halogenated alkanes) is 1. The third-order valence-electron chi connectivity index (χ3n) is 4.79. The topological polar surface area (TPSA) is 68.2 Å². The highest BCUT2D eigenvalue weighted by atomic mass is 35.5. The molecule has 0 fully saturated rings. The van der Waals surface area contributed by atoms with E-state index in [-0.39, 0.29) is 17.6 Å². The van der Waals surface area contributed by atoms with E-state index in [0.29, 0.717) is 32.7 Å². The molecule has 160 valence electrons. The molecule has 0 unspecified atom stereocenters. The van der Waals surface area contributed by atoms with Gasteiger partial charge in [0.05, 0.1) is 5.69 Å². The number of hydrogen-bond donors (Lipinski definition) is 0. The van der Waals surface area contributed by atoms with Crippen molar-refractivity contribution in [2.75, 3.05) is 10.7 Å². The Kier molecular flexibility index (Phi) is 6.38. The maximum absolute atomic E-state index is 13.5. The Morgan fingerprint density at radius 3 is 2.71 bits per heavy atom. The molecule has 0 radical (unpaired) electrons. The highest BCUT2D eigenvalue weighted by Gasteiger charge is 2.34. The second kappa shape index (κ2) is 9.20. The zero-order valence-electron chi connectivity index (χ0n) is 17.0. The lowest BCUT2D eigenvalue weighted by molar-refractivity contribution is -0.118. The summed E-state index contributed by atoms with van der Waals surface area (Å²) < 4.78 is 19.8. The zero-order valence-corrected chi connectivity index (χ0v) is 18.6. The van der Waals surface area contributed by atoms with Gasteiger partial charge in [-0.2, -0.15) is 4.98 Å². The predicted molar refractivity (Wildman–Crippen MR) is 119 cm³/mol. The van der Waals surface area contributed by atoms with Gasteiger partial charge in [-0.05, 0) is 36.8 Å². The van der Waals surface area contributed by atoms with Crippen LogP contribution in [0.3, 0.4) is 0 Å². The Labute approximate surface area is 188 Å². The Bertz CT molecular complexity index is 1110. The van der Waals surface area contributed by atoms with Gasteiger partial charge >= 0.3 is 0 Å². The highest BCUT2D eigenvalue weighted by Crippen LogP contribution is 2.44. The van der Waals surface area contributed by atoms with Gasteiger partial charge in [-0.1, -0.05) is 48.8 Å². The normalized spacial score (nSPS) is 15.0. The Morgan fingerprint density at radius 2 is 2.00 bits per heavy atom. The molecule has 0 N–H and O–H groups in total. The van der Waals surface area contributed by atoms with Crippen molar-refractivity contribution in [2.24, 2.45) is 0 Å².